The third-order valence-corrected chi connectivity index (χ3v) is 5.29. The van der Waals surface area contributed by atoms with E-state index in [4.69, 9.17) is 0 Å². The molecule has 1 fully saturated rings. The van der Waals surface area contributed by atoms with Crippen LogP contribution in [0, 0.1) is 11.7 Å². The lowest BCUT2D eigenvalue weighted by atomic mass is 9.82. The first-order chi connectivity index (χ1) is 10.7. The molecule has 22 heavy (non-hydrogen) atoms. The summed E-state index contributed by atoms with van der Waals surface area (Å²) in [5.41, 5.74) is 1.80. The Bertz CT molecular complexity index is 635. The number of hydrogen-bond donors (Lipinski definition) is 1. The van der Waals surface area contributed by atoms with Gasteiger partial charge in [-0.2, -0.15) is 0 Å². The molecule has 2 aromatic carbocycles. The highest BCUT2D eigenvalue weighted by Gasteiger charge is 2.28. The van der Waals surface area contributed by atoms with Crippen molar-refractivity contribution in [3.8, 4) is 11.1 Å². The van der Waals surface area contributed by atoms with Crippen LogP contribution in [0.15, 0.2) is 46.9 Å². The maximum absolute atomic E-state index is 15.0. The molecule has 0 aromatic heterocycles. The minimum absolute atomic E-state index is 0.158. The zero-order chi connectivity index (χ0) is 15.5. The Morgan fingerprint density at radius 1 is 1.00 bits per heavy atom. The van der Waals surface area contributed by atoms with Crippen LogP contribution in [-0.4, -0.2) is 5.11 Å². The predicted octanol–water partition coefficient (Wildman–Crippen LogP) is 5.87. The van der Waals surface area contributed by atoms with Crippen molar-refractivity contribution in [1.82, 2.24) is 0 Å². The van der Waals surface area contributed by atoms with Gasteiger partial charge in [0.05, 0.1) is 6.10 Å². The predicted molar refractivity (Wildman–Crippen MR) is 91.1 cm³/mol. The molecule has 1 unspecified atom stereocenters. The normalized spacial score (nSPS) is 17.4. The summed E-state index contributed by atoms with van der Waals surface area (Å²) >= 11 is 3.42. The van der Waals surface area contributed by atoms with Gasteiger partial charge in [-0.1, -0.05) is 71.6 Å². The van der Waals surface area contributed by atoms with Crippen molar-refractivity contribution in [3.63, 3.8) is 0 Å². The first-order valence-corrected chi connectivity index (χ1v) is 8.69. The molecule has 1 atom stereocenters. The molecule has 1 aliphatic rings. The van der Waals surface area contributed by atoms with Crippen LogP contribution in [0.25, 0.3) is 11.1 Å². The summed E-state index contributed by atoms with van der Waals surface area (Å²) in [6.07, 6.45) is 4.68. The first kappa shape index (κ1) is 15.7. The lowest BCUT2D eigenvalue weighted by Gasteiger charge is -2.28. The molecule has 1 nitrogen and oxygen atoms in total. The van der Waals surface area contributed by atoms with Crippen LogP contribution in [0.1, 0.15) is 43.8 Å². The quantitative estimate of drug-likeness (QED) is 0.723. The van der Waals surface area contributed by atoms with E-state index in [1.165, 1.54) is 6.42 Å². The van der Waals surface area contributed by atoms with Crippen molar-refractivity contribution in [2.75, 3.05) is 0 Å². The highest BCUT2D eigenvalue weighted by Crippen LogP contribution is 2.40. The number of benzene rings is 2. The molecule has 0 saturated heterocycles. The SMILES string of the molecule is OC(c1c(Br)ccc(-c2ccccc2)c1F)C1CCCCC1. The smallest absolute Gasteiger partial charge is 0.137 e. The van der Waals surface area contributed by atoms with Crippen molar-refractivity contribution < 1.29 is 9.50 Å². The van der Waals surface area contributed by atoms with Gasteiger partial charge in [-0.05, 0) is 30.4 Å². The van der Waals surface area contributed by atoms with Gasteiger partial charge in [-0.25, -0.2) is 4.39 Å². The van der Waals surface area contributed by atoms with Crippen molar-refractivity contribution >= 4 is 15.9 Å². The Balaban J connectivity index is 2.00. The summed E-state index contributed by atoms with van der Waals surface area (Å²) in [6.45, 7) is 0. The number of rotatable bonds is 3. The molecule has 0 spiro atoms. The lowest BCUT2D eigenvalue weighted by Crippen LogP contribution is -2.17. The molecule has 3 heteroatoms. The summed E-state index contributed by atoms with van der Waals surface area (Å²) in [5.74, 6) is -0.149. The second-order valence-electron chi connectivity index (χ2n) is 6.03. The van der Waals surface area contributed by atoms with Gasteiger partial charge in [0.1, 0.15) is 5.82 Å². The zero-order valence-electron chi connectivity index (χ0n) is 12.4. The second-order valence-corrected chi connectivity index (χ2v) is 6.89. The molecular formula is C19H20BrFO. The number of aliphatic hydroxyl groups is 1. The van der Waals surface area contributed by atoms with Gasteiger partial charge >= 0.3 is 0 Å². The van der Waals surface area contributed by atoms with Crippen LogP contribution in [0.5, 0.6) is 0 Å². The van der Waals surface area contributed by atoms with E-state index in [2.05, 4.69) is 15.9 Å². The van der Waals surface area contributed by atoms with Gasteiger partial charge in [0.2, 0.25) is 0 Å². The molecule has 116 valence electrons. The maximum Gasteiger partial charge on any atom is 0.137 e. The topological polar surface area (TPSA) is 20.2 Å². The highest BCUT2D eigenvalue weighted by molar-refractivity contribution is 9.10. The van der Waals surface area contributed by atoms with E-state index < -0.39 is 6.10 Å². The second kappa shape index (κ2) is 6.93. The number of aliphatic hydroxyl groups excluding tert-OH is 1. The summed E-state index contributed by atoms with van der Waals surface area (Å²) in [7, 11) is 0. The van der Waals surface area contributed by atoms with Crippen molar-refractivity contribution in [1.29, 1.82) is 0 Å². The first-order valence-electron chi connectivity index (χ1n) is 7.90. The van der Waals surface area contributed by atoms with Gasteiger partial charge in [0.25, 0.3) is 0 Å². The third kappa shape index (κ3) is 3.11. The Labute approximate surface area is 139 Å². The monoisotopic (exact) mass is 362 g/mol. The molecule has 2 aromatic rings. The summed E-state index contributed by atoms with van der Waals surface area (Å²) in [5, 5.41) is 10.7. The largest absolute Gasteiger partial charge is 0.388 e. The summed E-state index contributed by atoms with van der Waals surface area (Å²) < 4.78 is 15.7. The van der Waals surface area contributed by atoms with Crippen LogP contribution in [-0.2, 0) is 0 Å². The molecule has 0 heterocycles. The standard InChI is InChI=1S/C19H20BrFO/c20-16-12-11-15(13-7-3-1-4-8-13)18(21)17(16)19(22)14-9-5-2-6-10-14/h1,3-4,7-8,11-12,14,19,22H,2,5-6,9-10H2. The van der Waals surface area contributed by atoms with E-state index in [9.17, 15) is 5.11 Å². The van der Waals surface area contributed by atoms with Gasteiger partial charge in [-0.3, -0.25) is 0 Å². The number of hydrogen-bond acceptors (Lipinski definition) is 1. The Morgan fingerprint density at radius 3 is 2.36 bits per heavy atom. The Kier molecular flexibility index (Phi) is 4.94. The fourth-order valence-electron chi connectivity index (χ4n) is 3.37. The molecular weight excluding hydrogens is 343 g/mol. The minimum Gasteiger partial charge on any atom is -0.388 e. The van der Waals surface area contributed by atoms with Crippen LogP contribution in [0.3, 0.4) is 0 Å². The van der Waals surface area contributed by atoms with Crippen LogP contribution >= 0.6 is 15.9 Å². The lowest BCUT2D eigenvalue weighted by molar-refractivity contribution is 0.0811. The van der Waals surface area contributed by atoms with Gasteiger partial charge in [-0.15, -0.1) is 0 Å². The molecule has 0 aliphatic heterocycles. The zero-order valence-corrected chi connectivity index (χ0v) is 14.0. The van der Waals surface area contributed by atoms with Gasteiger partial charge < -0.3 is 5.11 Å². The highest BCUT2D eigenvalue weighted by atomic mass is 79.9. The van der Waals surface area contributed by atoms with E-state index >= 15 is 4.39 Å². The summed E-state index contributed by atoms with van der Waals surface area (Å²) in [6, 6.07) is 13.1. The van der Waals surface area contributed by atoms with Crippen LogP contribution in [0.4, 0.5) is 4.39 Å². The van der Waals surface area contributed by atoms with Gasteiger partial charge in [0.15, 0.2) is 0 Å². The Morgan fingerprint density at radius 2 is 1.68 bits per heavy atom. The van der Waals surface area contributed by atoms with E-state index in [1.807, 2.05) is 36.4 Å². The molecule has 1 saturated carbocycles. The Hall–Kier alpha value is -1.19. The molecule has 0 radical (unpaired) electrons. The number of halogens is 2. The average molecular weight is 363 g/mol. The average Bonchev–Trinajstić information content (AvgIpc) is 2.56. The summed E-state index contributed by atoms with van der Waals surface area (Å²) in [4.78, 5) is 0. The van der Waals surface area contributed by atoms with E-state index in [1.54, 1.807) is 6.07 Å². The minimum atomic E-state index is -0.738. The van der Waals surface area contributed by atoms with Crippen LogP contribution in [0.2, 0.25) is 0 Å². The van der Waals surface area contributed by atoms with Crippen molar-refractivity contribution in [2.24, 2.45) is 5.92 Å². The molecule has 0 bridgehead atoms. The fraction of sp³-hybridized carbons (Fsp3) is 0.368. The van der Waals surface area contributed by atoms with E-state index in [-0.39, 0.29) is 11.7 Å². The third-order valence-electron chi connectivity index (χ3n) is 4.60. The van der Waals surface area contributed by atoms with Gasteiger partial charge in [0, 0.05) is 15.6 Å². The fourth-order valence-corrected chi connectivity index (χ4v) is 3.91. The van der Waals surface area contributed by atoms with Crippen molar-refractivity contribution in [2.45, 2.75) is 38.2 Å². The molecule has 1 aliphatic carbocycles. The van der Waals surface area contributed by atoms with Crippen LogP contribution < -0.4 is 0 Å². The molecule has 0 amide bonds. The molecule has 3 rings (SSSR count). The van der Waals surface area contributed by atoms with E-state index in [0.29, 0.717) is 15.6 Å². The maximum atomic E-state index is 15.0. The van der Waals surface area contributed by atoms with E-state index in [0.717, 1.165) is 31.2 Å². The molecule has 1 N–H and O–H groups in total. The van der Waals surface area contributed by atoms with Crippen molar-refractivity contribution in [3.05, 3.63) is 58.3 Å².